The van der Waals surface area contributed by atoms with Crippen molar-refractivity contribution in [2.24, 2.45) is 0 Å². The second kappa shape index (κ2) is 5.44. The molecule has 0 atom stereocenters. The molecule has 0 aliphatic rings. The van der Waals surface area contributed by atoms with Crippen LogP contribution in [0, 0.1) is 6.92 Å². The normalized spacial score (nSPS) is 10.8. The predicted octanol–water partition coefficient (Wildman–Crippen LogP) is 4.56. The fourth-order valence-corrected chi connectivity index (χ4v) is 2.52. The Hall–Kier alpha value is -2.55. The second-order valence-corrected chi connectivity index (χ2v) is 5.02. The smallest absolute Gasteiger partial charge is 0.291 e. The van der Waals surface area contributed by atoms with Crippen molar-refractivity contribution in [1.82, 2.24) is 0 Å². The lowest BCUT2D eigenvalue weighted by molar-refractivity contribution is 0.0998. The van der Waals surface area contributed by atoms with Crippen molar-refractivity contribution < 1.29 is 9.21 Å². The Kier molecular flexibility index (Phi) is 3.48. The Morgan fingerprint density at radius 3 is 2.57 bits per heavy atom. The first-order valence-corrected chi connectivity index (χ1v) is 7.08. The van der Waals surface area contributed by atoms with Crippen LogP contribution in [-0.2, 0) is 6.42 Å². The van der Waals surface area contributed by atoms with E-state index in [9.17, 15) is 4.79 Å². The molecule has 21 heavy (non-hydrogen) atoms. The number of carbonyl (C=O) groups is 1. The van der Waals surface area contributed by atoms with Gasteiger partial charge in [-0.1, -0.05) is 43.3 Å². The molecule has 0 saturated heterocycles. The lowest BCUT2D eigenvalue weighted by Crippen LogP contribution is -2.13. The minimum absolute atomic E-state index is 0.204. The average molecular weight is 279 g/mol. The van der Waals surface area contributed by atoms with E-state index in [0.717, 1.165) is 34.2 Å². The summed E-state index contributed by atoms with van der Waals surface area (Å²) in [5.41, 5.74) is 3.56. The highest BCUT2D eigenvalue weighted by molar-refractivity contribution is 6.06. The average Bonchev–Trinajstić information content (AvgIpc) is 2.85. The van der Waals surface area contributed by atoms with Crippen molar-refractivity contribution in [2.45, 2.75) is 20.3 Å². The number of para-hydroxylation sites is 2. The lowest BCUT2D eigenvalue weighted by atomic mass is 10.1. The van der Waals surface area contributed by atoms with Gasteiger partial charge < -0.3 is 9.73 Å². The molecule has 1 aromatic heterocycles. The van der Waals surface area contributed by atoms with E-state index in [4.69, 9.17) is 4.42 Å². The van der Waals surface area contributed by atoms with Gasteiger partial charge in [0, 0.05) is 16.6 Å². The SMILES string of the molecule is CCc1ccccc1NC(=O)c1oc2ccccc2c1C. The molecule has 0 unspecified atom stereocenters. The molecule has 0 saturated carbocycles. The van der Waals surface area contributed by atoms with Crippen molar-refractivity contribution in [3.05, 3.63) is 65.4 Å². The minimum atomic E-state index is -0.204. The molecule has 0 aliphatic carbocycles. The number of nitrogens with one attached hydrogen (secondary N) is 1. The minimum Gasteiger partial charge on any atom is -0.451 e. The molecule has 1 heterocycles. The largest absolute Gasteiger partial charge is 0.451 e. The highest BCUT2D eigenvalue weighted by atomic mass is 16.3. The van der Waals surface area contributed by atoms with Crippen LogP contribution in [0.5, 0.6) is 0 Å². The lowest BCUT2D eigenvalue weighted by Gasteiger charge is -2.08. The number of benzene rings is 2. The number of fused-ring (bicyclic) bond motifs is 1. The number of amides is 1. The topological polar surface area (TPSA) is 42.2 Å². The molecule has 0 fully saturated rings. The van der Waals surface area contributed by atoms with Gasteiger partial charge in [-0.05, 0) is 31.0 Å². The quantitative estimate of drug-likeness (QED) is 0.764. The van der Waals surface area contributed by atoms with Gasteiger partial charge in [0.05, 0.1) is 0 Å². The Labute approximate surface area is 123 Å². The maximum atomic E-state index is 12.5. The molecule has 3 rings (SSSR count). The highest BCUT2D eigenvalue weighted by Gasteiger charge is 2.18. The summed E-state index contributed by atoms with van der Waals surface area (Å²) in [6.07, 6.45) is 0.871. The number of hydrogen-bond donors (Lipinski definition) is 1. The summed E-state index contributed by atoms with van der Waals surface area (Å²) in [6, 6.07) is 15.5. The number of carbonyl (C=O) groups excluding carboxylic acids is 1. The van der Waals surface area contributed by atoms with E-state index in [1.54, 1.807) is 0 Å². The van der Waals surface area contributed by atoms with Crippen molar-refractivity contribution in [3.63, 3.8) is 0 Å². The Morgan fingerprint density at radius 2 is 1.81 bits per heavy atom. The Morgan fingerprint density at radius 1 is 1.10 bits per heavy atom. The number of aryl methyl sites for hydroxylation is 2. The van der Waals surface area contributed by atoms with Crippen LogP contribution in [0.1, 0.15) is 28.6 Å². The van der Waals surface area contributed by atoms with E-state index in [-0.39, 0.29) is 5.91 Å². The summed E-state index contributed by atoms with van der Waals surface area (Å²) in [5.74, 6) is 0.173. The summed E-state index contributed by atoms with van der Waals surface area (Å²) >= 11 is 0. The molecular formula is C18H17NO2. The van der Waals surface area contributed by atoms with Gasteiger partial charge >= 0.3 is 0 Å². The van der Waals surface area contributed by atoms with Gasteiger partial charge in [0.1, 0.15) is 5.58 Å². The third kappa shape index (κ3) is 2.42. The van der Waals surface area contributed by atoms with Crippen molar-refractivity contribution in [1.29, 1.82) is 0 Å². The summed E-state index contributed by atoms with van der Waals surface area (Å²) in [4.78, 5) is 12.5. The first-order chi connectivity index (χ1) is 10.2. The van der Waals surface area contributed by atoms with Crippen LogP contribution in [0.4, 0.5) is 5.69 Å². The van der Waals surface area contributed by atoms with E-state index < -0.39 is 0 Å². The van der Waals surface area contributed by atoms with Crippen LogP contribution in [0.2, 0.25) is 0 Å². The van der Waals surface area contributed by atoms with E-state index in [1.165, 1.54) is 0 Å². The van der Waals surface area contributed by atoms with Gasteiger partial charge in [-0.3, -0.25) is 4.79 Å². The first-order valence-electron chi connectivity index (χ1n) is 7.08. The summed E-state index contributed by atoms with van der Waals surface area (Å²) < 4.78 is 5.69. The molecule has 0 aliphatic heterocycles. The fraction of sp³-hybridized carbons (Fsp3) is 0.167. The second-order valence-electron chi connectivity index (χ2n) is 5.02. The van der Waals surface area contributed by atoms with Gasteiger partial charge in [-0.25, -0.2) is 0 Å². The molecular weight excluding hydrogens is 262 g/mol. The van der Waals surface area contributed by atoms with E-state index >= 15 is 0 Å². The van der Waals surface area contributed by atoms with Crippen LogP contribution < -0.4 is 5.32 Å². The van der Waals surface area contributed by atoms with Crippen LogP contribution >= 0.6 is 0 Å². The van der Waals surface area contributed by atoms with E-state index in [2.05, 4.69) is 12.2 Å². The van der Waals surface area contributed by atoms with E-state index in [0.29, 0.717) is 5.76 Å². The summed E-state index contributed by atoms with van der Waals surface area (Å²) in [5, 5.41) is 3.93. The maximum Gasteiger partial charge on any atom is 0.291 e. The van der Waals surface area contributed by atoms with Crippen LogP contribution in [0.15, 0.2) is 52.9 Å². The molecule has 0 radical (unpaired) electrons. The molecule has 3 aromatic rings. The summed E-state index contributed by atoms with van der Waals surface area (Å²) in [6.45, 7) is 3.98. The highest BCUT2D eigenvalue weighted by Crippen LogP contribution is 2.26. The van der Waals surface area contributed by atoms with Crippen molar-refractivity contribution in [3.8, 4) is 0 Å². The fourth-order valence-electron chi connectivity index (χ4n) is 2.52. The van der Waals surface area contributed by atoms with Crippen LogP contribution in [0.3, 0.4) is 0 Å². The van der Waals surface area contributed by atoms with Gasteiger partial charge in [0.2, 0.25) is 0 Å². The Bertz CT molecular complexity index is 802. The van der Waals surface area contributed by atoms with Crippen molar-refractivity contribution in [2.75, 3.05) is 5.32 Å². The molecule has 3 heteroatoms. The molecule has 1 amide bonds. The van der Waals surface area contributed by atoms with Gasteiger partial charge in [0.25, 0.3) is 5.91 Å². The maximum absolute atomic E-state index is 12.5. The van der Waals surface area contributed by atoms with Crippen molar-refractivity contribution >= 4 is 22.6 Å². The standard InChI is InChI=1S/C18H17NO2/c1-3-13-8-4-6-10-15(13)19-18(20)17-12(2)14-9-5-7-11-16(14)21-17/h4-11H,3H2,1-2H3,(H,19,20). The number of rotatable bonds is 3. The van der Waals surface area contributed by atoms with Gasteiger partial charge in [0.15, 0.2) is 5.76 Å². The molecule has 2 aromatic carbocycles. The molecule has 0 bridgehead atoms. The summed E-state index contributed by atoms with van der Waals surface area (Å²) in [7, 11) is 0. The van der Waals surface area contributed by atoms with Gasteiger partial charge in [-0.2, -0.15) is 0 Å². The monoisotopic (exact) mass is 279 g/mol. The molecule has 106 valence electrons. The third-order valence-electron chi connectivity index (χ3n) is 3.70. The van der Waals surface area contributed by atoms with Crippen LogP contribution in [0.25, 0.3) is 11.0 Å². The zero-order chi connectivity index (χ0) is 14.8. The van der Waals surface area contributed by atoms with Crippen LogP contribution in [-0.4, -0.2) is 5.91 Å². The number of anilines is 1. The molecule has 0 spiro atoms. The number of furan rings is 1. The zero-order valence-electron chi connectivity index (χ0n) is 12.1. The molecule has 3 nitrogen and oxygen atoms in total. The van der Waals surface area contributed by atoms with Gasteiger partial charge in [-0.15, -0.1) is 0 Å². The first kappa shape index (κ1) is 13.4. The predicted molar refractivity (Wildman–Crippen MR) is 84.7 cm³/mol. The zero-order valence-corrected chi connectivity index (χ0v) is 12.1. The number of hydrogen-bond acceptors (Lipinski definition) is 2. The van der Waals surface area contributed by atoms with E-state index in [1.807, 2.05) is 55.5 Å². The molecule has 1 N–H and O–H groups in total. The Balaban J connectivity index is 1.96. The third-order valence-corrected chi connectivity index (χ3v) is 3.70.